The van der Waals surface area contributed by atoms with Crippen LogP contribution in [0.5, 0.6) is 0 Å². The summed E-state index contributed by atoms with van der Waals surface area (Å²) in [6.45, 7) is 18.3. The second-order valence-electron chi connectivity index (χ2n) is 8.18. The molecule has 0 aromatic heterocycles. The van der Waals surface area contributed by atoms with E-state index in [0.717, 1.165) is 0 Å². The summed E-state index contributed by atoms with van der Waals surface area (Å²) in [5, 5.41) is 0.0821. The van der Waals surface area contributed by atoms with E-state index in [-0.39, 0.29) is 41.7 Å². The highest BCUT2D eigenvalue weighted by molar-refractivity contribution is 6.74. The lowest BCUT2D eigenvalue weighted by Gasteiger charge is -2.46. The molecule has 1 heterocycles. The Labute approximate surface area is 142 Å². The van der Waals surface area contributed by atoms with Crippen LogP contribution in [0.15, 0.2) is 0 Å². The Bertz CT molecular complexity index is 402. The molecule has 0 bridgehead atoms. The number of ether oxygens (including phenoxy) is 3. The normalized spacial score (nSPS) is 29.7. The Kier molecular flexibility index (Phi) is 6.84. The van der Waals surface area contributed by atoms with Gasteiger partial charge in [0.15, 0.2) is 14.6 Å². The van der Waals surface area contributed by atoms with Gasteiger partial charge in [-0.05, 0) is 38.9 Å². The molecule has 5 nitrogen and oxygen atoms in total. The van der Waals surface area contributed by atoms with Crippen molar-refractivity contribution < 1.29 is 23.4 Å². The molecule has 1 rings (SSSR count). The zero-order valence-electron chi connectivity index (χ0n) is 16.1. The van der Waals surface area contributed by atoms with Crippen LogP contribution in [0.3, 0.4) is 0 Å². The van der Waals surface area contributed by atoms with Crippen LogP contribution in [-0.4, -0.2) is 45.0 Å². The van der Waals surface area contributed by atoms with E-state index in [1.54, 1.807) is 0 Å². The average Bonchev–Trinajstić information content (AvgIpc) is 2.30. The van der Waals surface area contributed by atoms with Gasteiger partial charge in [0, 0.05) is 13.3 Å². The molecule has 0 N–H and O–H groups in total. The molecule has 4 atom stereocenters. The number of hydrogen-bond acceptors (Lipinski definition) is 5. The Balaban J connectivity index is 2.92. The molecule has 0 aliphatic carbocycles. The maximum atomic E-state index is 11.5. The number of carbonyl (C=O) groups is 1. The van der Waals surface area contributed by atoms with Crippen LogP contribution >= 0.6 is 0 Å². The van der Waals surface area contributed by atoms with Gasteiger partial charge in [-0.1, -0.05) is 20.8 Å². The van der Waals surface area contributed by atoms with Gasteiger partial charge < -0.3 is 18.6 Å². The lowest BCUT2D eigenvalue weighted by atomic mass is 10.0. The second-order valence-corrected chi connectivity index (χ2v) is 12.9. The Morgan fingerprint density at radius 3 is 2.26 bits per heavy atom. The van der Waals surface area contributed by atoms with E-state index in [4.69, 9.17) is 18.6 Å². The van der Waals surface area contributed by atoms with Crippen molar-refractivity contribution in [2.75, 3.05) is 0 Å². The Morgan fingerprint density at radius 1 is 1.26 bits per heavy atom. The quantitative estimate of drug-likeness (QED) is 0.559. The summed E-state index contributed by atoms with van der Waals surface area (Å²) in [6, 6.07) is 0. The zero-order valence-corrected chi connectivity index (χ0v) is 17.1. The lowest BCUT2D eigenvalue weighted by Crippen LogP contribution is -2.56. The van der Waals surface area contributed by atoms with Gasteiger partial charge >= 0.3 is 5.97 Å². The minimum Gasteiger partial charge on any atom is -0.460 e. The summed E-state index contributed by atoms with van der Waals surface area (Å²) in [5.74, 6) is -0.295. The first-order valence-corrected chi connectivity index (χ1v) is 11.4. The third-order valence-corrected chi connectivity index (χ3v) is 9.07. The van der Waals surface area contributed by atoms with Crippen molar-refractivity contribution in [3.63, 3.8) is 0 Å². The summed E-state index contributed by atoms with van der Waals surface area (Å²) in [7, 11) is -1.99. The molecule has 0 amide bonds. The first-order valence-electron chi connectivity index (χ1n) is 8.49. The number of hydrogen-bond donors (Lipinski definition) is 0. The fourth-order valence-corrected chi connectivity index (χ4v) is 3.78. The van der Waals surface area contributed by atoms with Crippen molar-refractivity contribution in [3.05, 3.63) is 0 Å². The average molecular weight is 347 g/mol. The van der Waals surface area contributed by atoms with Gasteiger partial charge in [-0.25, -0.2) is 0 Å². The van der Waals surface area contributed by atoms with Gasteiger partial charge in [-0.15, -0.1) is 0 Å². The standard InChI is InChI=1S/C17H34O5Si/c1-11(2)19-15-10-14(21-13(4)18)16(12(3)20-15)22-23(8,9)17(5,6)7/h11-12,14-16H,10H2,1-9H3/t12-,14-,15+,16-/m1/s1. The summed E-state index contributed by atoms with van der Waals surface area (Å²) >= 11 is 0. The summed E-state index contributed by atoms with van der Waals surface area (Å²) in [6.07, 6.45) is -0.593. The molecule has 0 unspecified atom stereocenters. The zero-order chi connectivity index (χ0) is 18.0. The van der Waals surface area contributed by atoms with Gasteiger partial charge in [-0.3, -0.25) is 4.79 Å². The smallest absolute Gasteiger partial charge is 0.302 e. The number of rotatable bonds is 5. The van der Waals surface area contributed by atoms with Crippen molar-refractivity contribution >= 4 is 14.3 Å². The molecule has 0 radical (unpaired) electrons. The molecule has 0 aromatic carbocycles. The van der Waals surface area contributed by atoms with E-state index in [2.05, 4.69) is 33.9 Å². The van der Waals surface area contributed by atoms with Gasteiger partial charge in [0.1, 0.15) is 12.2 Å². The van der Waals surface area contributed by atoms with Crippen molar-refractivity contribution in [3.8, 4) is 0 Å². The Morgan fingerprint density at radius 2 is 1.83 bits per heavy atom. The van der Waals surface area contributed by atoms with Crippen LogP contribution in [0.1, 0.15) is 54.9 Å². The van der Waals surface area contributed by atoms with Crippen molar-refractivity contribution in [1.29, 1.82) is 0 Å². The minimum absolute atomic E-state index is 0.0584. The Hall–Kier alpha value is -0.433. The van der Waals surface area contributed by atoms with E-state index >= 15 is 0 Å². The van der Waals surface area contributed by atoms with E-state index in [1.165, 1.54) is 6.92 Å². The maximum Gasteiger partial charge on any atom is 0.302 e. The van der Waals surface area contributed by atoms with Gasteiger partial charge in [0.2, 0.25) is 0 Å². The monoisotopic (exact) mass is 346 g/mol. The van der Waals surface area contributed by atoms with E-state index in [1.807, 2.05) is 20.8 Å². The first kappa shape index (κ1) is 20.6. The van der Waals surface area contributed by atoms with Crippen LogP contribution in [0, 0.1) is 0 Å². The fraction of sp³-hybridized carbons (Fsp3) is 0.941. The van der Waals surface area contributed by atoms with Crippen LogP contribution in [0.25, 0.3) is 0 Å². The highest BCUT2D eigenvalue weighted by atomic mass is 28.4. The van der Waals surface area contributed by atoms with Gasteiger partial charge in [0.05, 0.1) is 12.2 Å². The molecular weight excluding hydrogens is 312 g/mol. The van der Waals surface area contributed by atoms with Crippen LogP contribution in [0.4, 0.5) is 0 Å². The first-order chi connectivity index (χ1) is 10.3. The van der Waals surface area contributed by atoms with Crippen molar-refractivity contribution in [2.24, 2.45) is 0 Å². The predicted molar refractivity (Wildman–Crippen MR) is 92.8 cm³/mol. The molecule has 23 heavy (non-hydrogen) atoms. The van der Waals surface area contributed by atoms with E-state index in [9.17, 15) is 4.79 Å². The third kappa shape index (κ3) is 5.85. The van der Waals surface area contributed by atoms with Crippen LogP contribution in [0.2, 0.25) is 18.1 Å². The van der Waals surface area contributed by atoms with E-state index < -0.39 is 8.32 Å². The molecule has 136 valence electrons. The lowest BCUT2D eigenvalue weighted by molar-refractivity contribution is -0.256. The summed E-state index contributed by atoms with van der Waals surface area (Å²) < 4.78 is 23.8. The van der Waals surface area contributed by atoms with Crippen LogP contribution < -0.4 is 0 Å². The van der Waals surface area contributed by atoms with Gasteiger partial charge in [0.25, 0.3) is 0 Å². The molecule has 0 spiro atoms. The topological polar surface area (TPSA) is 54.0 Å². The number of esters is 1. The molecule has 1 saturated heterocycles. The van der Waals surface area contributed by atoms with Crippen molar-refractivity contribution in [1.82, 2.24) is 0 Å². The summed E-state index contributed by atoms with van der Waals surface area (Å²) in [5.41, 5.74) is 0. The SMILES string of the molecule is CC(=O)O[C@@H]1C[C@@H](OC(C)C)O[C@H](C)[C@H]1O[Si](C)(C)C(C)(C)C. The van der Waals surface area contributed by atoms with Crippen LogP contribution in [-0.2, 0) is 23.4 Å². The molecule has 1 fully saturated rings. The largest absolute Gasteiger partial charge is 0.460 e. The molecule has 6 heteroatoms. The molecule has 0 saturated carbocycles. The second kappa shape index (κ2) is 7.63. The van der Waals surface area contributed by atoms with Crippen molar-refractivity contribution in [2.45, 2.75) is 104 Å². The summed E-state index contributed by atoms with van der Waals surface area (Å²) in [4.78, 5) is 11.5. The highest BCUT2D eigenvalue weighted by Gasteiger charge is 2.46. The van der Waals surface area contributed by atoms with E-state index in [0.29, 0.717) is 6.42 Å². The third-order valence-electron chi connectivity index (χ3n) is 4.60. The fourth-order valence-electron chi connectivity index (χ4n) is 2.41. The minimum atomic E-state index is -1.99. The maximum absolute atomic E-state index is 11.5. The number of carbonyl (C=O) groups excluding carboxylic acids is 1. The predicted octanol–water partition coefficient (Wildman–Crippen LogP) is 3.87. The molecule has 0 aromatic rings. The molecule has 1 aliphatic rings. The highest BCUT2D eigenvalue weighted by Crippen LogP contribution is 2.39. The molecular formula is C17H34O5Si. The van der Waals surface area contributed by atoms with Gasteiger partial charge in [-0.2, -0.15) is 0 Å². The molecule has 1 aliphatic heterocycles.